The quantitative estimate of drug-likeness (QED) is 0.791. The van der Waals surface area contributed by atoms with Crippen LogP contribution in [0.2, 0.25) is 5.15 Å². The van der Waals surface area contributed by atoms with Gasteiger partial charge in [-0.1, -0.05) is 39.3 Å². The van der Waals surface area contributed by atoms with E-state index in [-0.39, 0.29) is 29.3 Å². The average Bonchev–Trinajstić information content (AvgIpc) is 2.36. The number of hydrogen-bond acceptors (Lipinski definition) is 3. The number of rotatable bonds is 6. The van der Waals surface area contributed by atoms with Crippen LogP contribution in [-0.4, -0.2) is 28.0 Å². The van der Waals surface area contributed by atoms with Crippen LogP contribution in [0.5, 0.6) is 0 Å². The maximum absolute atomic E-state index is 12.3. The third kappa shape index (κ3) is 5.34. The lowest BCUT2D eigenvalue weighted by Crippen LogP contribution is -2.40. The summed E-state index contributed by atoms with van der Waals surface area (Å²) in [5.74, 6) is -1.10. The SMILES string of the molecule is CC(C)c1cc(C(=O)NC(CC(=O)O)C(C)C)cc(Cl)n1. The Morgan fingerprint density at radius 2 is 1.90 bits per heavy atom. The van der Waals surface area contributed by atoms with E-state index in [0.29, 0.717) is 5.56 Å². The molecule has 1 heterocycles. The minimum absolute atomic E-state index is 0.0203. The second kappa shape index (κ2) is 7.41. The number of amides is 1. The summed E-state index contributed by atoms with van der Waals surface area (Å²) in [4.78, 5) is 27.3. The minimum atomic E-state index is -0.940. The Hall–Kier alpha value is -1.62. The molecule has 0 aliphatic heterocycles. The summed E-state index contributed by atoms with van der Waals surface area (Å²) < 4.78 is 0. The number of halogens is 1. The first-order chi connectivity index (χ1) is 9.70. The molecule has 0 aliphatic carbocycles. The van der Waals surface area contributed by atoms with Gasteiger partial charge in [0.1, 0.15) is 5.15 Å². The van der Waals surface area contributed by atoms with Crippen molar-refractivity contribution in [2.24, 2.45) is 5.92 Å². The molecule has 1 atom stereocenters. The van der Waals surface area contributed by atoms with Crippen LogP contribution in [0.15, 0.2) is 12.1 Å². The van der Waals surface area contributed by atoms with Crippen LogP contribution in [0.25, 0.3) is 0 Å². The normalized spacial score (nSPS) is 12.5. The third-order valence-corrected chi connectivity index (χ3v) is 3.38. The molecule has 0 radical (unpaired) electrons. The molecule has 21 heavy (non-hydrogen) atoms. The highest BCUT2D eigenvalue weighted by molar-refractivity contribution is 6.29. The number of aromatic nitrogens is 1. The van der Waals surface area contributed by atoms with Crippen molar-refractivity contribution in [1.82, 2.24) is 10.3 Å². The molecule has 0 bridgehead atoms. The number of nitrogens with zero attached hydrogens (tertiary/aromatic N) is 1. The van der Waals surface area contributed by atoms with Crippen LogP contribution in [0.3, 0.4) is 0 Å². The molecule has 1 amide bonds. The highest BCUT2D eigenvalue weighted by atomic mass is 35.5. The van der Waals surface area contributed by atoms with Gasteiger partial charge in [-0.2, -0.15) is 0 Å². The molecule has 6 heteroatoms. The number of pyridine rings is 1. The second-order valence-electron chi connectivity index (χ2n) is 5.68. The van der Waals surface area contributed by atoms with Crippen LogP contribution >= 0.6 is 11.6 Å². The average molecular weight is 313 g/mol. The van der Waals surface area contributed by atoms with Crippen molar-refractivity contribution in [2.45, 2.75) is 46.1 Å². The van der Waals surface area contributed by atoms with Gasteiger partial charge in [0.25, 0.3) is 5.91 Å². The largest absolute Gasteiger partial charge is 0.481 e. The Bertz CT molecular complexity index is 530. The molecular formula is C15H21ClN2O3. The van der Waals surface area contributed by atoms with Gasteiger partial charge in [-0.15, -0.1) is 0 Å². The predicted molar refractivity (Wildman–Crippen MR) is 81.7 cm³/mol. The lowest BCUT2D eigenvalue weighted by molar-refractivity contribution is -0.137. The highest BCUT2D eigenvalue weighted by Crippen LogP contribution is 2.18. The Morgan fingerprint density at radius 3 is 2.38 bits per heavy atom. The molecule has 1 aromatic rings. The van der Waals surface area contributed by atoms with Crippen molar-refractivity contribution in [3.8, 4) is 0 Å². The molecule has 0 saturated carbocycles. The number of carboxylic acid groups (broad SMARTS) is 1. The number of aliphatic carboxylic acids is 1. The zero-order valence-corrected chi connectivity index (χ0v) is 13.4. The summed E-state index contributed by atoms with van der Waals surface area (Å²) in [6.07, 6.45) is -0.112. The Balaban J connectivity index is 2.94. The van der Waals surface area contributed by atoms with Gasteiger partial charge in [-0.25, -0.2) is 4.98 Å². The summed E-state index contributed by atoms with van der Waals surface area (Å²) in [5, 5.41) is 11.9. The van der Waals surface area contributed by atoms with E-state index in [1.807, 2.05) is 27.7 Å². The van der Waals surface area contributed by atoms with E-state index in [4.69, 9.17) is 16.7 Å². The molecule has 5 nitrogen and oxygen atoms in total. The van der Waals surface area contributed by atoms with E-state index >= 15 is 0 Å². The molecule has 1 rings (SSSR count). The van der Waals surface area contributed by atoms with Crippen LogP contribution in [0.4, 0.5) is 0 Å². The van der Waals surface area contributed by atoms with Gasteiger partial charge in [0.15, 0.2) is 0 Å². The molecule has 1 aromatic heterocycles. The molecule has 116 valence electrons. The van der Waals surface area contributed by atoms with Gasteiger partial charge in [-0.3, -0.25) is 9.59 Å². The van der Waals surface area contributed by atoms with Crippen molar-refractivity contribution in [3.63, 3.8) is 0 Å². The molecule has 0 fully saturated rings. The van der Waals surface area contributed by atoms with Gasteiger partial charge in [0, 0.05) is 17.3 Å². The van der Waals surface area contributed by atoms with Crippen molar-refractivity contribution in [1.29, 1.82) is 0 Å². The van der Waals surface area contributed by atoms with Crippen molar-refractivity contribution in [2.75, 3.05) is 0 Å². The number of carbonyl (C=O) groups is 2. The maximum Gasteiger partial charge on any atom is 0.305 e. The number of hydrogen-bond donors (Lipinski definition) is 2. The van der Waals surface area contributed by atoms with Crippen LogP contribution in [-0.2, 0) is 4.79 Å². The summed E-state index contributed by atoms with van der Waals surface area (Å²) in [6.45, 7) is 7.66. The molecule has 0 aliphatic rings. The van der Waals surface area contributed by atoms with Gasteiger partial charge < -0.3 is 10.4 Å². The zero-order valence-electron chi connectivity index (χ0n) is 12.7. The van der Waals surface area contributed by atoms with Crippen molar-refractivity contribution >= 4 is 23.5 Å². The van der Waals surface area contributed by atoms with Gasteiger partial charge >= 0.3 is 5.97 Å². The molecule has 0 spiro atoms. The Labute approximate surface area is 129 Å². The smallest absolute Gasteiger partial charge is 0.305 e. The number of nitrogens with one attached hydrogen (secondary N) is 1. The molecule has 2 N–H and O–H groups in total. The standard InChI is InChI=1S/C15H21ClN2O3/c1-8(2)11-5-10(6-13(16)17-11)15(21)18-12(9(3)4)7-14(19)20/h5-6,8-9,12H,7H2,1-4H3,(H,18,21)(H,19,20). The molecule has 0 aromatic carbocycles. The van der Waals surface area contributed by atoms with Crippen LogP contribution < -0.4 is 5.32 Å². The fourth-order valence-corrected chi connectivity index (χ4v) is 2.05. The Morgan fingerprint density at radius 1 is 1.29 bits per heavy atom. The highest BCUT2D eigenvalue weighted by Gasteiger charge is 2.21. The first-order valence-corrected chi connectivity index (χ1v) is 7.28. The number of carboxylic acids is 1. The first kappa shape index (κ1) is 17.4. The third-order valence-electron chi connectivity index (χ3n) is 3.18. The lowest BCUT2D eigenvalue weighted by Gasteiger charge is -2.21. The van der Waals surface area contributed by atoms with Gasteiger partial charge in [0.05, 0.1) is 6.42 Å². The predicted octanol–water partition coefficient (Wildman–Crippen LogP) is 3.09. The monoisotopic (exact) mass is 312 g/mol. The summed E-state index contributed by atoms with van der Waals surface area (Å²) in [6, 6.07) is 2.75. The molecule has 1 unspecified atom stereocenters. The maximum atomic E-state index is 12.3. The van der Waals surface area contributed by atoms with Crippen LogP contribution in [0, 0.1) is 5.92 Å². The van der Waals surface area contributed by atoms with E-state index in [0.717, 1.165) is 5.69 Å². The first-order valence-electron chi connectivity index (χ1n) is 6.90. The van der Waals surface area contributed by atoms with E-state index in [1.165, 1.54) is 6.07 Å². The Kier molecular flexibility index (Phi) is 6.15. The van der Waals surface area contributed by atoms with Crippen LogP contribution in [0.1, 0.15) is 56.1 Å². The summed E-state index contributed by atoms with van der Waals surface area (Å²) in [5.41, 5.74) is 1.13. The minimum Gasteiger partial charge on any atom is -0.481 e. The summed E-state index contributed by atoms with van der Waals surface area (Å²) >= 11 is 5.94. The fraction of sp³-hybridized carbons (Fsp3) is 0.533. The topological polar surface area (TPSA) is 79.3 Å². The number of carbonyl (C=O) groups excluding carboxylic acids is 1. The van der Waals surface area contributed by atoms with Gasteiger partial charge in [-0.05, 0) is 24.0 Å². The fourth-order valence-electron chi connectivity index (χ4n) is 1.84. The van der Waals surface area contributed by atoms with Gasteiger partial charge in [0.2, 0.25) is 0 Å². The van der Waals surface area contributed by atoms with Crippen molar-refractivity contribution in [3.05, 3.63) is 28.5 Å². The zero-order chi connectivity index (χ0) is 16.2. The lowest BCUT2D eigenvalue weighted by atomic mass is 10.00. The van der Waals surface area contributed by atoms with E-state index in [1.54, 1.807) is 6.07 Å². The van der Waals surface area contributed by atoms with Crippen molar-refractivity contribution < 1.29 is 14.7 Å². The van der Waals surface area contributed by atoms with E-state index in [2.05, 4.69) is 10.3 Å². The summed E-state index contributed by atoms with van der Waals surface area (Å²) in [7, 11) is 0. The second-order valence-corrected chi connectivity index (χ2v) is 6.07. The molecule has 0 saturated heterocycles. The van der Waals surface area contributed by atoms with E-state index < -0.39 is 12.0 Å². The van der Waals surface area contributed by atoms with E-state index in [9.17, 15) is 9.59 Å². The molecular weight excluding hydrogens is 292 g/mol.